The molecule has 27 heavy (non-hydrogen) atoms. The van der Waals surface area contributed by atoms with Gasteiger partial charge in [-0.25, -0.2) is 8.42 Å². The second-order valence-electron chi connectivity index (χ2n) is 7.06. The molecule has 4 unspecified atom stereocenters. The fourth-order valence-corrected chi connectivity index (χ4v) is 5.28. The van der Waals surface area contributed by atoms with Crippen LogP contribution in [0.15, 0.2) is 77.3 Å². The lowest BCUT2D eigenvalue weighted by Gasteiger charge is -2.22. The van der Waals surface area contributed by atoms with Crippen LogP contribution in [-0.2, 0) is 19.6 Å². The largest absolute Gasteiger partial charge is 0.298 e. The SMILES string of the molecule is CC1C2C=C(NS(=O)(=O)c3ccccc3)C(=O)C(C2=O)C1c1ccccc1. The average molecular weight is 381 g/mol. The first-order valence-electron chi connectivity index (χ1n) is 8.83. The summed E-state index contributed by atoms with van der Waals surface area (Å²) in [6.45, 7) is 1.94. The fraction of sp³-hybridized carbons (Fsp3) is 0.238. The molecule has 2 aromatic rings. The molecule has 0 aliphatic heterocycles. The van der Waals surface area contributed by atoms with Gasteiger partial charge < -0.3 is 0 Å². The Kier molecular flexibility index (Phi) is 4.23. The van der Waals surface area contributed by atoms with Crippen LogP contribution in [0.5, 0.6) is 0 Å². The molecular formula is C21H19NO4S. The maximum absolute atomic E-state index is 13.0. The molecule has 2 aliphatic rings. The fourth-order valence-electron chi connectivity index (χ4n) is 4.18. The lowest BCUT2D eigenvalue weighted by Crippen LogP contribution is -2.37. The molecule has 1 N–H and O–H groups in total. The van der Waals surface area contributed by atoms with Crippen LogP contribution in [0.3, 0.4) is 0 Å². The third-order valence-electron chi connectivity index (χ3n) is 5.50. The van der Waals surface area contributed by atoms with E-state index in [0.717, 1.165) is 5.56 Å². The Morgan fingerprint density at radius 3 is 2.11 bits per heavy atom. The van der Waals surface area contributed by atoms with E-state index >= 15 is 0 Å². The number of carbonyl (C=O) groups is 2. The van der Waals surface area contributed by atoms with Crippen molar-refractivity contribution in [3.05, 3.63) is 78.0 Å². The minimum absolute atomic E-state index is 0.00117. The summed E-state index contributed by atoms with van der Waals surface area (Å²) in [7, 11) is -3.88. The van der Waals surface area contributed by atoms with Crippen LogP contribution in [0, 0.1) is 17.8 Å². The number of carbonyl (C=O) groups excluding carboxylic acids is 2. The van der Waals surface area contributed by atoms with E-state index in [1.807, 2.05) is 37.3 Å². The maximum Gasteiger partial charge on any atom is 0.261 e. The van der Waals surface area contributed by atoms with Crippen molar-refractivity contribution in [1.29, 1.82) is 0 Å². The second-order valence-corrected chi connectivity index (χ2v) is 8.75. The van der Waals surface area contributed by atoms with E-state index in [0.29, 0.717) is 0 Å². The smallest absolute Gasteiger partial charge is 0.261 e. The molecule has 2 aromatic carbocycles. The van der Waals surface area contributed by atoms with Gasteiger partial charge >= 0.3 is 0 Å². The first kappa shape index (κ1) is 17.7. The summed E-state index contributed by atoms with van der Waals surface area (Å²) in [6.07, 6.45) is 1.50. The number of allylic oxidation sites excluding steroid dienone is 2. The van der Waals surface area contributed by atoms with E-state index < -0.39 is 27.6 Å². The van der Waals surface area contributed by atoms with Gasteiger partial charge in [-0.2, -0.15) is 0 Å². The highest BCUT2D eigenvalue weighted by molar-refractivity contribution is 7.89. The summed E-state index contributed by atoms with van der Waals surface area (Å²) in [4.78, 5) is 25.8. The van der Waals surface area contributed by atoms with E-state index in [9.17, 15) is 18.0 Å². The third kappa shape index (κ3) is 2.90. The monoisotopic (exact) mass is 381 g/mol. The molecular weight excluding hydrogens is 362 g/mol. The summed E-state index contributed by atoms with van der Waals surface area (Å²) in [6, 6.07) is 17.4. The quantitative estimate of drug-likeness (QED) is 0.826. The molecule has 2 bridgehead atoms. The Balaban J connectivity index is 1.69. The third-order valence-corrected chi connectivity index (χ3v) is 6.88. The lowest BCUT2D eigenvalue weighted by atomic mass is 9.82. The molecule has 0 saturated heterocycles. The van der Waals surface area contributed by atoms with Crippen molar-refractivity contribution in [3.63, 3.8) is 0 Å². The highest BCUT2D eigenvalue weighted by Gasteiger charge is 2.54. The highest BCUT2D eigenvalue weighted by atomic mass is 32.2. The summed E-state index contributed by atoms with van der Waals surface area (Å²) >= 11 is 0. The van der Waals surface area contributed by atoms with Crippen LogP contribution in [0.25, 0.3) is 0 Å². The molecule has 138 valence electrons. The van der Waals surface area contributed by atoms with E-state index in [2.05, 4.69) is 4.72 Å². The molecule has 1 fully saturated rings. The van der Waals surface area contributed by atoms with Crippen molar-refractivity contribution in [2.75, 3.05) is 0 Å². The number of benzene rings is 2. The molecule has 2 aliphatic carbocycles. The van der Waals surface area contributed by atoms with Crippen LogP contribution < -0.4 is 4.72 Å². The predicted molar refractivity (Wildman–Crippen MR) is 100 cm³/mol. The summed E-state index contributed by atoms with van der Waals surface area (Å²) in [5, 5.41) is 0. The van der Waals surface area contributed by atoms with Crippen molar-refractivity contribution >= 4 is 21.6 Å². The van der Waals surface area contributed by atoms with Gasteiger partial charge in [0.2, 0.25) is 0 Å². The van der Waals surface area contributed by atoms with Gasteiger partial charge in [-0.05, 0) is 29.7 Å². The Hall–Kier alpha value is -2.73. The molecule has 0 heterocycles. The van der Waals surface area contributed by atoms with Gasteiger partial charge in [-0.15, -0.1) is 0 Å². The van der Waals surface area contributed by atoms with Crippen molar-refractivity contribution in [1.82, 2.24) is 4.72 Å². The normalized spacial score (nSPS) is 27.4. The van der Waals surface area contributed by atoms with Crippen molar-refractivity contribution < 1.29 is 18.0 Å². The Morgan fingerprint density at radius 1 is 0.889 bits per heavy atom. The van der Waals surface area contributed by atoms with Gasteiger partial charge in [0.1, 0.15) is 0 Å². The van der Waals surface area contributed by atoms with E-state index in [4.69, 9.17) is 0 Å². The Bertz CT molecular complexity index is 1030. The van der Waals surface area contributed by atoms with Gasteiger partial charge in [0.25, 0.3) is 10.0 Å². The van der Waals surface area contributed by atoms with Crippen LogP contribution >= 0.6 is 0 Å². The van der Waals surface area contributed by atoms with Gasteiger partial charge in [-0.1, -0.05) is 55.5 Å². The second kappa shape index (κ2) is 6.46. The zero-order valence-electron chi connectivity index (χ0n) is 14.7. The highest BCUT2D eigenvalue weighted by Crippen LogP contribution is 2.49. The molecule has 0 spiro atoms. The summed E-state index contributed by atoms with van der Waals surface area (Å²) in [5.74, 6) is -2.20. The molecule has 6 heteroatoms. The maximum atomic E-state index is 13.0. The summed E-state index contributed by atoms with van der Waals surface area (Å²) < 4.78 is 27.6. The number of Topliss-reactive ketones (excluding diaryl/α,β-unsaturated/α-hetero) is 2. The number of ketones is 2. The van der Waals surface area contributed by atoms with E-state index in [1.54, 1.807) is 18.2 Å². The number of hydrogen-bond donors (Lipinski definition) is 1. The summed E-state index contributed by atoms with van der Waals surface area (Å²) in [5.41, 5.74) is 0.929. The zero-order valence-corrected chi connectivity index (χ0v) is 15.5. The number of hydrogen-bond acceptors (Lipinski definition) is 4. The Labute approximate surface area is 158 Å². The molecule has 0 aromatic heterocycles. The number of sulfonamides is 1. The minimum Gasteiger partial charge on any atom is -0.298 e. The topological polar surface area (TPSA) is 80.3 Å². The number of rotatable bonds is 4. The van der Waals surface area contributed by atoms with Gasteiger partial charge in [0, 0.05) is 11.8 Å². The van der Waals surface area contributed by atoms with Crippen molar-refractivity contribution in [2.24, 2.45) is 17.8 Å². The molecule has 4 rings (SSSR count). The average Bonchev–Trinajstić information content (AvgIpc) is 2.85. The molecule has 0 radical (unpaired) electrons. The van der Waals surface area contributed by atoms with Crippen molar-refractivity contribution in [3.8, 4) is 0 Å². The van der Waals surface area contributed by atoms with Crippen molar-refractivity contribution in [2.45, 2.75) is 17.7 Å². The standard InChI is InChI=1S/C21H19NO4S/c1-13-16-12-17(22-27(25,26)15-10-6-3-7-11-15)21(24)19(20(16)23)18(13)14-8-4-2-5-9-14/h2-13,16,18-19,22H,1H3. The predicted octanol–water partition coefficient (Wildman–Crippen LogP) is 2.67. The zero-order chi connectivity index (χ0) is 19.2. The van der Waals surface area contributed by atoms with Gasteiger partial charge in [-0.3, -0.25) is 14.3 Å². The molecule has 4 atom stereocenters. The molecule has 5 nitrogen and oxygen atoms in total. The van der Waals surface area contributed by atoms with Crippen LogP contribution in [0.1, 0.15) is 18.4 Å². The van der Waals surface area contributed by atoms with Gasteiger partial charge in [0.15, 0.2) is 11.6 Å². The van der Waals surface area contributed by atoms with E-state index in [-0.39, 0.29) is 28.2 Å². The lowest BCUT2D eigenvalue weighted by molar-refractivity contribution is -0.131. The number of fused-ring (bicyclic) bond motifs is 2. The van der Waals surface area contributed by atoms with Crippen LogP contribution in [0.2, 0.25) is 0 Å². The molecule has 1 saturated carbocycles. The van der Waals surface area contributed by atoms with Crippen LogP contribution in [0.4, 0.5) is 0 Å². The molecule has 0 amide bonds. The van der Waals surface area contributed by atoms with E-state index in [1.165, 1.54) is 18.2 Å². The first-order chi connectivity index (χ1) is 12.9. The Morgan fingerprint density at radius 2 is 1.48 bits per heavy atom. The van der Waals surface area contributed by atoms with Gasteiger partial charge in [0.05, 0.1) is 16.5 Å². The minimum atomic E-state index is -3.88. The number of nitrogens with one attached hydrogen (secondary N) is 1. The first-order valence-corrected chi connectivity index (χ1v) is 10.3. The van der Waals surface area contributed by atoms with Crippen LogP contribution in [-0.4, -0.2) is 20.0 Å².